The standard InChI is InChI=1S/C26H34N6O/c1-17(2)15-29-26(33)19-7-11-32(12-8-19)25-22-6-9-27-16-21(22)13-23(31-25)20-5-10-28-24(14-20)30-18(3)4/h5-6,9-10,13-14,16-19H,7-8,11-12,15H2,1-4H3,(H,28,30)(H,29,33). The molecule has 4 rings (SSSR count). The first kappa shape index (κ1) is 23.0. The van der Waals surface area contributed by atoms with Crippen molar-refractivity contribution < 1.29 is 4.79 Å². The number of aromatic nitrogens is 3. The Balaban J connectivity index is 1.59. The molecule has 3 aromatic rings. The van der Waals surface area contributed by atoms with Crippen molar-refractivity contribution in [3.63, 3.8) is 0 Å². The Labute approximate surface area is 196 Å². The predicted molar refractivity (Wildman–Crippen MR) is 134 cm³/mol. The molecule has 1 aliphatic rings. The van der Waals surface area contributed by atoms with E-state index in [0.717, 1.165) is 66.1 Å². The lowest BCUT2D eigenvalue weighted by molar-refractivity contribution is -0.125. The van der Waals surface area contributed by atoms with Crippen LogP contribution in [0.3, 0.4) is 0 Å². The van der Waals surface area contributed by atoms with Crippen LogP contribution in [0.15, 0.2) is 42.9 Å². The molecule has 0 radical (unpaired) electrons. The Kier molecular flexibility index (Phi) is 7.06. The fourth-order valence-corrected chi connectivity index (χ4v) is 4.24. The van der Waals surface area contributed by atoms with Crippen LogP contribution in [-0.4, -0.2) is 46.5 Å². The van der Waals surface area contributed by atoms with Crippen molar-refractivity contribution in [2.24, 2.45) is 11.8 Å². The predicted octanol–water partition coefficient (Wildman–Crippen LogP) is 4.50. The smallest absolute Gasteiger partial charge is 0.223 e. The number of carbonyl (C=O) groups excluding carboxylic acids is 1. The number of anilines is 2. The summed E-state index contributed by atoms with van der Waals surface area (Å²) in [6.45, 7) is 10.8. The Morgan fingerprint density at radius 3 is 2.64 bits per heavy atom. The van der Waals surface area contributed by atoms with Crippen molar-refractivity contribution >= 4 is 28.3 Å². The molecule has 0 aliphatic carbocycles. The fraction of sp³-hybridized carbons (Fsp3) is 0.462. The summed E-state index contributed by atoms with van der Waals surface area (Å²) in [5, 5.41) is 8.60. The zero-order valence-corrected chi connectivity index (χ0v) is 20.0. The van der Waals surface area contributed by atoms with Crippen LogP contribution < -0.4 is 15.5 Å². The molecule has 1 fully saturated rings. The average molecular weight is 447 g/mol. The van der Waals surface area contributed by atoms with Crippen molar-refractivity contribution in [2.45, 2.75) is 46.6 Å². The van der Waals surface area contributed by atoms with Gasteiger partial charge in [0.25, 0.3) is 0 Å². The number of hydrogen-bond acceptors (Lipinski definition) is 6. The summed E-state index contributed by atoms with van der Waals surface area (Å²) < 4.78 is 0. The maximum atomic E-state index is 12.5. The van der Waals surface area contributed by atoms with Crippen LogP contribution in [-0.2, 0) is 4.79 Å². The van der Waals surface area contributed by atoms with Gasteiger partial charge in [0.2, 0.25) is 5.91 Å². The second-order valence-electron chi connectivity index (χ2n) is 9.56. The molecular weight excluding hydrogens is 412 g/mol. The maximum Gasteiger partial charge on any atom is 0.223 e. The number of hydrogen-bond donors (Lipinski definition) is 2. The van der Waals surface area contributed by atoms with Crippen LogP contribution in [0, 0.1) is 11.8 Å². The Bertz CT molecular complexity index is 1100. The molecule has 0 saturated carbocycles. The SMILES string of the molecule is CC(C)CNC(=O)C1CCN(c2nc(-c3ccnc(NC(C)C)c3)cc3cnccc23)CC1. The van der Waals surface area contributed by atoms with Crippen LogP contribution in [0.5, 0.6) is 0 Å². The summed E-state index contributed by atoms with van der Waals surface area (Å²) in [4.78, 5) is 28.7. The van der Waals surface area contributed by atoms with Gasteiger partial charge in [-0.3, -0.25) is 9.78 Å². The molecule has 4 heterocycles. The topological polar surface area (TPSA) is 83.0 Å². The summed E-state index contributed by atoms with van der Waals surface area (Å²) in [5.41, 5.74) is 1.92. The second-order valence-corrected chi connectivity index (χ2v) is 9.56. The molecule has 7 heteroatoms. The first-order valence-corrected chi connectivity index (χ1v) is 11.9. The molecule has 174 valence electrons. The summed E-state index contributed by atoms with van der Waals surface area (Å²) in [6, 6.07) is 8.45. The Morgan fingerprint density at radius 2 is 1.91 bits per heavy atom. The van der Waals surface area contributed by atoms with Gasteiger partial charge < -0.3 is 15.5 Å². The number of piperidine rings is 1. The van der Waals surface area contributed by atoms with Gasteiger partial charge in [-0.1, -0.05) is 13.8 Å². The summed E-state index contributed by atoms with van der Waals surface area (Å²) in [6.07, 6.45) is 7.19. The van der Waals surface area contributed by atoms with E-state index in [9.17, 15) is 4.79 Å². The van der Waals surface area contributed by atoms with Gasteiger partial charge in [-0.05, 0) is 56.9 Å². The van der Waals surface area contributed by atoms with Crippen molar-refractivity contribution in [2.75, 3.05) is 29.9 Å². The number of fused-ring (bicyclic) bond motifs is 1. The van der Waals surface area contributed by atoms with E-state index in [0.29, 0.717) is 12.0 Å². The largest absolute Gasteiger partial charge is 0.368 e. The first-order valence-electron chi connectivity index (χ1n) is 11.9. The van der Waals surface area contributed by atoms with Crippen LogP contribution in [0.4, 0.5) is 11.6 Å². The van der Waals surface area contributed by atoms with E-state index in [-0.39, 0.29) is 11.8 Å². The number of amides is 1. The molecule has 0 aromatic carbocycles. The number of nitrogens with one attached hydrogen (secondary N) is 2. The average Bonchev–Trinajstić information content (AvgIpc) is 2.81. The Morgan fingerprint density at radius 1 is 1.12 bits per heavy atom. The molecule has 1 amide bonds. The first-order chi connectivity index (χ1) is 15.9. The summed E-state index contributed by atoms with van der Waals surface area (Å²) in [5.74, 6) is 2.51. The molecule has 0 unspecified atom stereocenters. The van der Waals surface area contributed by atoms with E-state index in [1.165, 1.54) is 0 Å². The third-order valence-corrected chi connectivity index (χ3v) is 5.95. The molecule has 7 nitrogen and oxygen atoms in total. The fourth-order valence-electron chi connectivity index (χ4n) is 4.24. The lowest BCUT2D eigenvalue weighted by Crippen LogP contribution is -2.41. The number of rotatable bonds is 7. The number of pyridine rings is 3. The van der Waals surface area contributed by atoms with Gasteiger partial charge in [-0.25, -0.2) is 9.97 Å². The lowest BCUT2D eigenvalue weighted by atomic mass is 9.95. The van der Waals surface area contributed by atoms with E-state index in [2.05, 4.69) is 59.3 Å². The summed E-state index contributed by atoms with van der Waals surface area (Å²) in [7, 11) is 0. The molecule has 3 aromatic heterocycles. The van der Waals surface area contributed by atoms with Crippen molar-refractivity contribution in [3.05, 3.63) is 42.9 Å². The molecular formula is C26H34N6O. The summed E-state index contributed by atoms with van der Waals surface area (Å²) >= 11 is 0. The van der Waals surface area contributed by atoms with Gasteiger partial charge in [-0.2, -0.15) is 0 Å². The van der Waals surface area contributed by atoms with E-state index < -0.39 is 0 Å². The van der Waals surface area contributed by atoms with Crippen LogP contribution in [0.2, 0.25) is 0 Å². The van der Waals surface area contributed by atoms with Crippen molar-refractivity contribution in [1.82, 2.24) is 20.3 Å². The van der Waals surface area contributed by atoms with Crippen molar-refractivity contribution in [1.29, 1.82) is 0 Å². The van der Waals surface area contributed by atoms with Gasteiger partial charge in [0.05, 0.1) is 5.69 Å². The lowest BCUT2D eigenvalue weighted by Gasteiger charge is -2.33. The number of nitrogens with zero attached hydrogens (tertiary/aromatic N) is 4. The molecule has 33 heavy (non-hydrogen) atoms. The van der Waals surface area contributed by atoms with Gasteiger partial charge in [-0.15, -0.1) is 0 Å². The monoisotopic (exact) mass is 446 g/mol. The quantitative estimate of drug-likeness (QED) is 0.556. The normalized spacial score (nSPS) is 14.8. The second kappa shape index (κ2) is 10.1. The minimum atomic E-state index is 0.0703. The minimum absolute atomic E-state index is 0.0703. The molecule has 0 bridgehead atoms. The highest BCUT2D eigenvalue weighted by Gasteiger charge is 2.26. The zero-order chi connectivity index (χ0) is 23.4. The number of carbonyl (C=O) groups is 1. The molecule has 0 atom stereocenters. The van der Waals surface area contributed by atoms with Gasteiger partial charge in [0, 0.05) is 66.5 Å². The Hall–Kier alpha value is -3.22. The van der Waals surface area contributed by atoms with Gasteiger partial charge in [0.1, 0.15) is 11.6 Å². The molecule has 0 spiro atoms. The third kappa shape index (κ3) is 5.59. The zero-order valence-electron chi connectivity index (χ0n) is 20.0. The van der Waals surface area contributed by atoms with E-state index in [1.54, 1.807) is 0 Å². The maximum absolute atomic E-state index is 12.5. The molecule has 1 aliphatic heterocycles. The molecule has 1 saturated heterocycles. The minimum Gasteiger partial charge on any atom is -0.368 e. The highest BCUT2D eigenvalue weighted by atomic mass is 16.1. The van der Waals surface area contributed by atoms with Crippen molar-refractivity contribution in [3.8, 4) is 11.3 Å². The van der Waals surface area contributed by atoms with Gasteiger partial charge in [0.15, 0.2) is 0 Å². The van der Waals surface area contributed by atoms with E-state index in [4.69, 9.17) is 4.98 Å². The van der Waals surface area contributed by atoms with Crippen LogP contribution in [0.25, 0.3) is 22.0 Å². The molecule has 2 N–H and O–H groups in total. The van der Waals surface area contributed by atoms with Crippen LogP contribution in [0.1, 0.15) is 40.5 Å². The third-order valence-electron chi connectivity index (χ3n) is 5.95. The highest BCUT2D eigenvalue weighted by Crippen LogP contribution is 2.32. The van der Waals surface area contributed by atoms with Crippen LogP contribution >= 0.6 is 0 Å². The van der Waals surface area contributed by atoms with Gasteiger partial charge >= 0.3 is 0 Å². The highest BCUT2D eigenvalue weighted by molar-refractivity contribution is 5.94. The van der Waals surface area contributed by atoms with E-state index in [1.807, 2.05) is 36.8 Å². The van der Waals surface area contributed by atoms with E-state index >= 15 is 0 Å².